The first-order valence-corrected chi connectivity index (χ1v) is 3.85. The molecule has 0 amide bonds. The van der Waals surface area contributed by atoms with Gasteiger partial charge in [0, 0.05) is 0 Å². The number of aromatic nitrogens is 2. The highest BCUT2D eigenvalue weighted by molar-refractivity contribution is 5.25. The molecule has 3 heteroatoms. The molecule has 62 valence electrons. The zero-order valence-corrected chi connectivity index (χ0v) is 7.55. The molecule has 0 bridgehead atoms. The Hall–Kier alpha value is -0.990. The van der Waals surface area contributed by atoms with Crippen molar-refractivity contribution in [1.29, 1.82) is 0 Å². The largest absolute Gasteiger partial charge is 0.323 e. The fourth-order valence-corrected chi connectivity index (χ4v) is 1.35. The smallest absolute Gasteiger partial charge is 0.0674 e. The Balaban J connectivity index is 3.22. The molecule has 0 spiro atoms. The third-order valence-corrected chi connectivity index (χ3v) is 1.98. The number of hydrogen-bond acceptors (Lipinski definition) is 2. The lowest BCUT2D eigenvalue weighted by atomic mass is 10.1. The van der Waals surface area contributed by atoms with Crippen LogP contribution >= 0.6 is 0 Å². The van der Waals surface area contributed by atoms with Gasteiger partial charge in [-0.05, 0) is 25.3 Å². The highest BCUT2D eigenvalue weighted by Crippen LogP contribution is 2.19. The summed E-state index contributed by atoms with van der Waals surface area (Å²) in [5.74, 6) is 6.09. The molecule has 0 aromatic carbocycles. The molecule has 0 aliphatic carbocycles. The van der Waals surface area contributed by atoms with Crippen LogP contribution in [-0.4, -0.2) is 9.89 Å². The highest BCUT2D eigenvalue weighted by Gasteiger charge is 2.12. The average Bonchev–Trinajstić information content (AvgIpc) is 2.07. The van der Waals surface area contributed by atoms with Crippen LogP contribution in [0.5, 0.6) is 0 Å². The minimum atomic E-state index is 0.446. The van der Waals surface area contributed by atoms with E-state index in [1.807, 2.05) is 6.92 Å². The lowest BCUT2D eigenvalue weighted by molar-refractivity contribution is 0.701. The number of aryl methyl sites for hydroxylation is 1. The Kier molecular flexibility index (Phi) is 1.89. The molecule has 0 aliphatic rings. The molecular formula is C8H15N3. The van der Waals surface area contributed by atoms with Gasteiger partial charge in [-0.1, -0.05) is 13.8 Å². The summed E-state index contributed by atoms with van der Waals surface area (Å²) in [5.41, 5.74) is 3.36. The lowest BCUT2D eigenvalue weighted by Gasteiger charge is -2.05. The Labute approximate surface area is 67.2 Å². The van der Waals surface area contributed by atoms with E-state index in [-0.39, 0.29) is 0 Å². The van der Waals surface area contributed by atoms with Crippen LogP contribution in [-0.2, 0) is 0 Å². The van der Waals surface area contributed by atoms with E-state index in [0.29, 0.717) is 5.92 Å². The fraction of sp³-hybridized carbons (Fsp3) is 0.625. The lowest BCUT2D eigenvalue weighted by Crippen LogP contribution is -2.15. The Morgan fingerprint density at radius 3 is 2.09 bits per heavy atom. The van der Waals surface area contributed by atoms with Crippen LogP contribution in [0.15, 0.2) is 0 Å². The number of rotatable bonds is 1. The quantitative estimate of drug-likeness (QED) is 0.619. The van der Waals surface area contributed by atoms with E-state index in [9.17, 15) is 0 Å². The molecule has 11 heavy (non-hydrogen) atoms. The van der Waals surface area contributed by atoms with Gasteiger partial charge < -0.3 is 5.84 Å². The summed E-state index contributed by atoms with van der Waals surface area (Å²) < 4.78 is 0. The van der Waals surface area contributed by atoms with Crippen molar-refractivity contribution >= 4 is 0 Å². The van der Waals surface area contributed by atoms with Gasteiger partial charge in [-0.3, -0.25) is 0 Å². The standard InChI is InChI=1S/C8H15N3/c1-5(2)8-6(3)7(4)10-11(8)9/h5H,9H2,1-4H3. The summed E-state index contributed by atoms with van der Waals surface area (Å²) >= 11 is 0. The molecule has 0 radical (unpaired) electrons. The van der Waals surface area contributed by atoms with Crippen LogP contribution in [0.25, 0.3) is 0 Å². The summed E-state index contributed by atoms with van der Waals surface area (Å²) in [6.45, 7) is 8.27. The van der Waals surface area contributed by atoms with E-state index >= 15 is 0 Å². The van der Waals surface area contributed by atoms with Crippen LogP contribution in [0.2, 0.25) is 0 Å². The maximum absolute atomic E-state index is 5.65. The third kappa shape index (κ3) is 1.23. The predicted molar refractivity (Wildman–Crippen MR) is 45.9 cm³/mol. The first-order valence-electron chi connectivity index (χ1n) is 3.85. The van der Waals surface area contributed by atoms with E-state index in [4.69, 9.17) is 5.84 Å². The second-order valence-electron chi connectivity index (χ2n) is 3.19. The SMILES string of the molecule is Cc1nn(N)c(C(C)C)c1C. The molecule has 0 saturated carbocycles. The maximum Gasteiger partial charge on any atom is 0.0674 e. The van der Waals surface area contributed by atoms with Crippen LogP contribution < -0.4 is 5.84 Å². The van der Waals surface area contributed by atoms with Gasteiger partial charge >= 0.3 is 0 Å². The summed E-state index contributed by atoms with van der Waals surface area (Å²) in [6, 6.07) is 0. The molecule has 0 atom stereocenters. The van der Waals surface area contributed by atoms with E-state index in [1.165, 1.54) is 10.4 Å². The molecule has 1 heterocycles. The van der Waals surface area contributed by atoms with Crippen LogP contribution in [0.4, 0.5) is 0 Å². The minimum Gasteiger partial charge on any atom is -0.323 e. The molecule has 1 aromatic rings. The highest BCUT2D eigenvalue weighted by atomic mass is 15.5. The van der Waals surface area contributed by atoms with E-state index in [1.54, 1.807) is 0 Å². The fourth-order valence-electron chi connectivity index (χ4n) is 1.35. The Morgan fingerprint density at radius 2 is 1.91 bits per heavy atom. The van der Waals surface area contributed by atoms with Gasteiger partial charge in [0.05, 0.1) is 11.4 Å². The second kappa shape index (κ2) is 2.57. The van der Waals surface area contributed by atoms with Crippen LogP contribution in [0, 0.1) is 13.8 Å². The number of nitrogens with two attached hydrogens (primary N) is 1. The van der Waals surface area contributed by atoms with Crippen molar-refractivity contribution in [2.24, 2.45) is 0 Å². The zero-order valence-electron chi connectivity index (χ0n) is 7.55. The summed E-state index contributed by atoms with van der Waals surface area (Å²) in [7, 11) is 0. The first kappa shape index (κ1) is 8.11. The molecule has 0 saturated heterocycles. The van der Waals surface area contributed by atoms with Gasteiger partial charge in [-0.2, -0.15) is 9.89 Å². The van der Waals surface area contributed by atoms with Crippen LogP contribution in [0.3, 0.4) is 0 Å². The average molecular weight is 153 g/mol. The van der Waals surface area contributed by atoms with Crippen molar-refractivity contribution in [3.05, 3.63) is 17.0 Å². The molecule has 0 unspecified atom stereocenters. The van der Waals surface area contributed by atoms with Crippen molar-refractivity contribution < 1.29 is 0 Å². The molecule has 0 fully saturated rings. The first-order chi connectivity index (χ1) is 5.04. The van der Waals surface area contributed by atoms with E-state index < -0.39 is 0 Å². The van der Waals surface area contributed by atoms with Gasteiger partial charge in [0.25, 0.3) is 0 Å². The molecule has 1 rings (SSSR count). The van der Waals surface area contributed by atoms with Gasteiger partial charge in [0.15, 0.2) is 0 Å². The van der Waals surface area contributed by atoms with Crippen LogP contribution in [0.1, 0.15) is 36.7 Å². The van der Waals surface area contributed by atoms with Gasteiger partial charge in [0.1, 0.15) is 0 Å². The second-order valence-corrected chi connectivity index (χ2v) is 3.19. The monoisotopic (exact) mass is 153 g/mol. The molecule has 3 nitrogen and oxygen atoms in total. The summed E-state index contributed by atoms with van der Waals surface area (Å²) in [4.78, 5) is 1.48. The molecule has 2 N–H and O–H groups in total. The van der Waals surface area contributed by atoms with Gasteiger partial charge in [0.2, 0.25) is 0 Å². The van der Waals surface area contributed by atoms with Gasteiger partial charge in [-0.25, -0.2) is 0 Å². The third-order valence-electron chi connectivity index (χ3n) is 1.98. The van der Waals surface area contributed by atoms with Crippen molar-refractivity contribution in [3.8, 4) is 0 Å². The number of nitrogen functional groups attached to an aromatic ring is 1. The Bertz CT molecular complexity index is 261. The van der Waals surface area contributed by atoms with Crippen molar-refractivity contribution in [1.82, 2.24) is 9.89 Å². The number of nitrogens with zero attached hydrogens (tertiary/aromatic N) is 2. The van der Waals surface area contributed by atoms with Gasteiger partial charge in [-0.15, -0.1) is 0 Å². The summed E-state index contributed by atoms with van der Waals surface area (Å²) in [5, 5.41) is 4.13. The molecular weight excluding hydrogens is 138 g/mol. The van der Waals surface area contributed by atoms with Crippen molar-refractivity contribution in [3.63, 3.8) is 0 Å². The molecule has 1 aromatic heterocycles. The van der Waals surface area contributed by atoms with E-state index in [2.05, 4.69) is 25.9 Å². The number of hydrogen-bond donors (Lipinski definition) is 1. The maximum atomic E-state index is 5.65. The zero-order chi connectivity index (χ0) is 8.59. The molecule has 0 aliphatic heterocycles. The van der Waals surface area contributed by atoms with E-state index in [0.717, 1.165) is 11.4 Å². The topological polar surface area (TPSA) is 43.8 Å². The predicted octanol–water partition coefficient (Wildman–Crippen LogP) is 1.34. The van der Waals surface area contributed by atoms with Crippen molar-refractivity contribution in [2.45, 2.75) is 33.6 Å². The summed E-state index contributed by atoms with van der Waals surface area (Å²) in [6.07, 6.45) is 0. The normalized spacial score (nSPS) is 11.0. The minimum absolute atomic E-state index is 0.446. The van der Waals surface area contributed by atoms with Crippen molar-refractivity contribution in [2.75, 3.05) is 5.84 Å². The Morgan fingerprint density at radius 1 is 1.36 bits per heavy atom.